The molecule has 1 N–H and O–H groups in total. The van der Waals surface area contributed by atoms with E-state index in [-0.39, 0.29) is 24.4 Å². The molecule has 0 amide bonds. The van der Waals surface area contributed by atoms with Crippen LogP contribution in [0.2, 0.25) is 0 Å². The molecule has 1 heterocycles. The minimum atomic E-state index is -0.304. The smallest absolute Gasteiger partial charge is 0.322 e. The van der Waals surface area contributed by atoms with E-state index in [0.29, 0.717) is 12.5 Å². The minimum absolute atomic E-state index is 0.241. The summed E-state index contributed by atoms with van der Waals surface area (Å²) in [4.78, 5) is 25.0. The van der Waals surface area contributed by atoms with Gasteiger partial charge in [0.15, 0.2) is 0 Å². The van der Waals surface area contributed by atoms with E-state index in [2.05, 4.69) is 23.9 Å². The quantitative estimate of drug-likeness (QED) is 0.745. The van der Waals surface area contributed by atoms with Gasteiger partial charge in [-0.2, -0.15) is 0 Å². The van der Waals surface area contributed by atoms with Crippen LogP contribution in [0.25, 0.3) is 0 Å². The van der Waals surface area contributed by atoms with Gasteiger partial charge in [0, 0.05) is 16.3 Å². The van der Waals surface area contributed by atoms with Crippen molar-refractivity contribution < 1.29 is 19.1 Å². The number of carbonyl (C=O) groups is 2. The van der Waals surface area contributed by atoms with Gasteiger partial charge in [0.2, 0.25) is 0 Å². The molecule has 0 aliphatic rings. The Balaban J connectivity index is 2.55. The zero-order valence-electron chi connectivity index (χ0n) is 13.0. The van der Waals surface area contributed by atoms with Crippen LogP contribution < -0.4 is 5.32 Å². The molecule has 1 unspecified atom stereocenters. The zero-order valence-corrected chi connectivity index (χ0v) is 13.8. The Bertz CT molecular complexity index is 470. The van der Waals surface area contributed by atoms with Crippen molar-refractivity contribution in [1.82, 2.24) is 5.32 Å². The summed E-state index contributed by atoms with van der Waals surface area (Å²) in [5.41, 5.74) is 0. The molecule has 5 nitrogen and oxygen atoms in total. The van der Waals surface area contributed by atoms with Gasteiger partial charge in [-0.3, -0.25) is 14.9 Å². The Morgan fingerprint density at radius 3 is 2.43 bits per heavy atom. The van der Waals surface area contributed by atoms with Gasteiger partial charge in [0.1, 0.15) is 6.04 Å². The van der Waals surface area contributed by atoms with Crippen molar-refractivity contribution in [1.29, 1.82) is 0 Å². The average Bonchev–Trinajstić information content (AvgIpc) is 2.89. The number of nitrogens with one attached hydrogen (secondary N) is 1. The molecule has 1 aromatic heterocycles. The summed E-state index contributed by atoms with van der Waals surface area (Å²) in [6.07, 6.45) is 1.01. The molecule has 0 bridgehead atoms. The second-order valence-electron chi connectivity index (χ2n) is 5.21. The second-order valence-corrected chi connectivity index (χ2v) is 6.46. The van der Waals surface area contributed by atoms with Gasteiger partial charge in [0.05, 0.1) is 20.6 Å². The summed E-state index contributed by atoms with van der Waals surface area (Å²) in [7, 11) is 2.78. The van der Waals surface area contributed by atoms with Crippen molar-refractivity contribution in [2.75, 3.05) is 14.2 Å². The lowest BCUT2D eigenvalue weighted by Crippen LogP contribution is -2.38. The molecule has 0 saturated carbocycles. The van der Waals surface area contributed by atoms with Gasteiger partial charge in [0.25, 0.3) is 0 Å². The number of esters is 2. The van der Waals surface area contributed by atoms with Crippen molar-refractivity contribution in [2.24, 2.45) is 5.92 Å². The third-order valence-corrected chi connectivity index (χ3v) is 4.06. The van der Waals surface area contributed by atoms with E-state index in [1.807, 2.05) is 12.1 Å². The Labute approximate surface area is 129 Å². The highest BCUT2D eigenvalue weighted by molar-refractivity contribution is 7.12. The lowest BCUT2D eigenvalue weighted by Gasteiger charge is -2.17. The summed E-state index contributed by atoms with van der Waals surface area (Å²) in [5, 5.41) is 3.22. The SMILES string of the molecule is COC(=O)Cc1ccc(CNC(CC(C)C)C(=O)OC)s1. The summed E-state index contributed by atoms with van der Waals surface area (Å²) in [5.74, 6) is -0.0848. The summed E-state index contributed by atoms with van der Waals surface area (Å²) < 4.78 is 9.46. The maximum Gasteiger partial charge on any atom is 0.322 e. The van der Waals surface area contributed by atoms with Gasteiger partial charge in [-0.15, -0.1) is 11.3 Å². The van der Waals surface area contributed by atoms with Gasteiger partial charge >= 0.3 is 11.9 Å². The fourth-order valence-electron chi connectivity index (χ4n) is 1.93. The summed E-state index contributed by atoms with van der Waals surface area (Å²) >= 11 is 1.54. The van der Waals surface area contributed by atoms with Crippen LogP contribution in [0, 0.1) is 5.92 Å². The second kappa shape index (κ2) is 8.79. The number of methoxy groups -OCH3 is 2. The molecule has 0 spiro atoms. The van der Waals surface area contributed by atoms with Crippen molar-refractivity contribution in [3.63, 3.8) is 0 Å². The van der Waals surface area contributed by atoms with Crippen LogP contribution in [0.5, 0.6) is 0 Å². The fourth-order valence-corrected chi connectivity index (χ4v) is 2.88. The molecule has 1 rings (SSSR count). The third kappa shape index (κ3) is 6.27. The van der Waals surface area contributed by atoms with E-state index in [1.165, 1.54) is 14.2 Å². The Morgan fingerprint density at radius 1 is 1.19 bits per heavy atom. The molecule has 6 heteroatoms. The van der Waals surface area contributed by atoms with E-state index in [1.54, 1.807) is 11.3 Å². The normalized spacial score (nSPS) is 12.2. The number of hydrogen-bond acceptors (Lipinski definition) is 6. The minimum Gasteiger partial charge on any atom is -0.469 e. The van der Waals surface area contributed by atoms with Crippen molar-refractivity contribution in [3.8, 4) is 0 Å². The number of thiophene rings is 1. The molecule has 0 aromatic carbocycles. The van der Waals surface area contributed by atoms with Crippen LogP contribution in [0.4, 0.5) is 0 Å². The number of carbonyl (C=O) groups excluding carboxylic acids is 2. The first-order valence-corrected chi connectivity index (χ1v) is 7.73. The van der Waals surface area contributed by atoms with Gasteiger partial charge in [-0.1, -0.05) is 13.8 Å². The fraction of sp³-hybridized carbons (Fsp3) is 0.600. The molecule has 1 aromatic rings. The third-order valence-electron chi connectivity index (χ3n) is 2.98. The standard InChI is InChI=1S/C15H23NO4S/c1-10(2)7-13(15(18)20-4)16-9-12-6-5-11(21-12)8-14(17)19-3/h5-6,10,13,16H,7-9H2,1-4H3. The van der Waals surface area contributed by atoms with E-state index in [4.69, 9.17) is 4.74 Å². The summed E-state index contributed by atoms with van der Waals surface area (Å²) in [6.45, 7) is 4.72. The number of rotatable bonds is 8. The molecule has 118 valence electrons. The predicted molar refractivity (Wildman–Crippen MR) is 82.1 cm³/mol. The molecule has 0 aliphatic carbocycles. The van der Waals surface area contributed by atoms with E-state index >= 15 is 0 Å². The highest BCUT2D eigenvalue weighted by Crippen LogP contribution is 2.18. The van der Waals surface area contributed by atoms with Crippen LogP contribution >= 0.6 is 11.3 Å². The maximum absolute atomic E-state index is 11.7. The summed E-state index contributed by atoms with van der Waals surface area (Å²) in [6, 6.07) is 3.56. The largest absolute Gasteiger partial charge is 0.469 e. The Hall–Kier alpha value is -1.40. The first kappa shape index (κ1) is 17.7. The molecule has 1 atom stereocenters. The van der Waals surface area contributed by atoms with Crippen LogP contribution in [0.3, 0.4) is 0 Å². The number of ether oxygens (including phenoxy) is 2. The molecule has 0 saturated heterocycles. The molecule has 0 radical (unpaired) electrons. The van der Waals surface area contributed by atoms with Crippen LogP contribution in [0.1, 0.15) is 30.0 Å². The molecular weight excluding hydrogens is 290 g/mol. The topological polar surface area (TPSA) is 64.6 Å². The number of hydrogen-bond donors (Lipinski definition) is 1. The van der Waals surface area contributed by atoms with E-state index in [9.17, 15) is 9.59 Å². The average molecular weight is 313 g/mol. The first-order chi connectivity index (χ1) is 9.96. The van der Waals surface area contributed by atoms with Crippen LogP contribution in [-0.4, -0.2) is 32.2 Å². The zero-order chi connectivity index (χ0) is 15.8. The predicted octanol–water partition coefficient (Wildman–Crippen LogP) is 2.14. The molecule has 0 fully saturated rings. The van der Waals surface area contributed by atoms with Crippen molar-refractivity contribution >= 4 is 23.3 Å². The first-order valence-electron chi connectivity index (χ1n) is 6.91. The molecule has 0 aliphatic heterocycles. The lowest BCUT2D eigenvalue weighted by molar-refractivity contribution is -0.143. The van der Waals surface area contributed by atoms with Gasteiger partial charge < -0.3 is 9.47 Å². The van der Waals surface area contributed by atoms with Crippen molar-refractivity contribution in [3.05, 3.63) is 21.9 Å². The van der Waals surface area contributed by atoms with Crippen LogP contribution in [-0.2, 0) is 32.0 Å². The Morgan fingerprint density at radius 2 is 1.86 bits per heavy atom. The highest BCUT2D eigenvalue weighted by Gasteiger charge is 2.20. The van der Waals surface area contributed by atoms with Crippen LogP contribution in [0.15, 0.2) is 12.1 Å². The molecular formula is C15H23NO4S. The van der Waals surface area contributed by atoms with Crippen molar-refractivity contribution in [2.45, 2.75) is 39.3 Å². The highest BCUT2D eigenvalue weighted by atomic mass is 32.1. The maximum atomic E-state index is 11.7. The lowest BCUT2D eigenvalue weighted by atomic mass is 10.0. The Kier molecular flexibility index (Phi) is 7.39. The van der Waals surface area contributed by atoms with E-state index < -0.39 is 0 Å². The monoisotopic (exact) mass is 313 g/mol. The van der Waals surface area contributed by atoms with Gasteiger partial charge in [-0.25, -0.2) is 0 Å². The molecule has 21 heavy (non-hydrogen) atoms. The van der Waals surface area contributed by atoms with Gasteiger partial charge in [-0.05, 0) is 24.5 Å². The van der Waals surface area contributed by atoms with E-state index in [0.717, 1.165) is 16.2 Å².